The first-order chi connectivity index (χ1) is 25.6. The van der Waals surface area contributed by atoms with Crippen molar-refractivity contribution in [3.63, 3.8) is 0 Å². The number of nitrogens with zero attached hydrogens (tertiary/aromatic N) is 4. The molecule has 3 atom stereocenters. The summed E-state index contributed by atoms with van der Waals surface area (Å²) in [6.07, 6.45) is -7.13. The van der Waals surface area contributed by atoms with Crippen molar-refractivity contribution in [1.29, 1.82) is 0 Å². The van der Waals surface area contributed by atoms with Crippen molar-refractivity contribution in [3.05, 3.63) is 80.3 Å². The zero-order valence-electron chi connectivity index (χ0n) is 29.5. The van der Waals surface area contributed by atoms with E-state index < -0.39 is 58.0 Å². The van der Waals surface area contributed by atoms with Crippen LogP contribution < -0.4 is 4.74 Å². The first-order valence-corrected chi connectivity index (χ1v) is 18.9. The van der Waals surface area contributed by atoms with E-state index in [-0.39, 0.29) is 56.5 Å². The van der Waals surface area contributed by atoms with E-state index in [2.05, 4.69) is 4.98 Å². The maximum absolute atomic E-state index is 15.5. The van der Waals surface area contributed by atoms with Crippen LogP contribution in [0.5, 0.6) is 5.75 Å². The Kier molecular flexibility index (Phi) is 11.6. The molecule has 0 N–H and O–H groups in total. The Morgan fingerprint density at radius 3 is 2.39 bits per heavy atom. The van der Waals surface area contributed by atoms with Gasteiger partial charge in [0.2, 0.25) is 11.5 Å². The summed E-state index contributed by atoms with van der Waals surface area (Å²) in [4.78, 5) is 51.1. The summed E-state index contributed by atoms with van der Waals surface area (Å²) in [6, 6.07) is 5.31. The van der Waals surface area contributed by atoms with Gasteiger partial charge in [-0.25, -0.2) is 0 Å². The predicted molar refractivity (Wildman–Crippen MR) is 187 cm³/mol. The van der Waals surface area contributed by atoms with Crippen LogP contribution in [0.3, 0.4) is 0 Å². The number of likely N-dealkylation sites (tertiary alicyclic amines) is 2. The number of carbonyl (C=O) groups is 3. The quantitative estimate of drug-likeness (QED) is 0.218. The summed E-state index contributed by atoms with van der Waals surface area (Å²) < 4.78 is 95.8. The van der Waals surface area contributed by atoms with Crippen molar-refractivity contribution in [2.24, 2.45) is 0 Å². The van der Waals surface area contributed by atoms with Gasteiger partial charge in [-0.2, -0.15) is 26.3 Å². The second-order valence-corrected chi connectivity index (χ2v) is 15.1. The monoisotopic (exact) mass is 800 g/mol. The molecule has 2 fully saturated rings. The molecule has 6 rings (SSSR count). The molecular weight excluding hydrogens is 762 g/mol. The third-order valence-electron chi connectivity index (χ3n) is 10.4. The van der Waals surface area contributed by atoms with E-state index >= 15 is 4.79 Å². The molecule has 3 aliphatic heterocycles. The molecule has 3 amide bonds. The number of rotatable bonds is 8. The molecule has 0 bridgehead atoms. The Bertz CT molecular complexity index is 1870. The standard InChI is InChI=1S/C37H39ClF6N4O5S/c1-3-6-29-35(53-26-19-30(54-21-26)37(42,43)44,12-5-14-47(29)33(50)31-27(36(39,40)41)7-4-13-45-31)34(51)48-20-22-8-9-24(38)17-23(22)18-28(48)32(49)46-15-10-25(52-2)11-16-46/h4,7-9,13,17,19,21,25,28-29H,3,5-6,10-12,14-16,18,20H2,1-2H3/t28-,29-,35-/m1/s1. The second-order valence-electron chi connectivity index (χ2n) is 13.8. The van der Waals surface area contributed by atoms with Crippen LogP contribution in [0.2, 0.25) is 5.02 Å². The number of amides is 3. The number of hydrogen-bond donors (Lipinski definition) is 0. The molecule has 0 unspecified atom stereocenters. The average molecular weight is 801 g/mol. The van der Waals surface area contributed by atoms with E-state index in [1.54, 1.807) is 37.1 Å². The van der Waals surface area contributed by atoms with Gasteiger partial charge in [-0.15, -0.1) is 11.3 Å². The van der Waals surface area contributed by atoms with Gasteiger partial charge in [0.1, 0.15) is 22.4 Å². The number of ether oxygens (including phenoxy) is 2. The number of pyridine rings is 1. The lowest BCUT2D eigenvalue weighted by molar-refractivity contribution is -0.167. The van der Waals surface area contributed by atoms with Gasteiger partial charge in [0.05, 0.1) is 17.7 Å². The van der Waals surface area contributed by atoms with Gasteiger partial charge in [0, 0.05) is 68.8 Å². The molecule has 0 saturated carbocycles. The largest absolute Gasteiger partial charge is 0.474 e. The number of piperidine rings is 2. The Morgan fingerprint density at radius 2 is 1.74 bits per heavy atom. The lowest BCUT2D eigenvalue weighted by Crippen LogP contribution is -2.70. The van der Waals surface area contributed by atoms with Crippen LogP contribution in [0, 0.1) is 0 Å². The number of hydrogen-bond acceptors (Lipinski definition) is 7. The number of methoxy groups -OCH3 is 1. The van der Waals surface area contributed by atoms with Crippen molar-refractivity contribution < 1.29 is 50.2 Å². The van der Waals surface area contributed by atoms with Gasteiger partial charge in [0.15, 0.2) is 0 Å². The fraction of sp³-hybridized carbons (Fsp3) is 0.514. The molecule has 0 radical (unpaired) electrons. The third-order valence-corrected chi connectivity index (χ3v) is 11.6. The van der Waals surface area contributed by atoms with E-state index in [1.807, 2.05) is 0 Å². The molecule has 0 aliphatic carbocycles. The Hall–Kier alpha value is -3.89. The van der Waals surface area contributed by atoms with Gasteiger partial charge in [-0.05, 0) is 61.1 Å². The van der Waals surface area contributed by atoms with Gasteiger partial charge in [0.25, 0.3) is 11.8 Å². The zero-order valence-corrected chi connectivity index (χ0v) is 31.1. The maximum Gasteiger partial charge on any atom is 0.425 e. The van der Waals surface area contributed by atoms with E-state index in [1.165, 1.54) is 4.90 Å². The molecule has 5 heterocycles. The Labute approximate surface area is 317 Å². The summed E-state index contributed by atoms with van der Waals surface area (Å²) in [5.41, 5.74) is -2.83. The summed E-state index contributed by atoms with van der Waals surface area (Å²) in [5, 5.41) is 1.54. The van der Waals surface area contributed by atoms with Crippen LogP contribution in [0.1, 0.15) is 77.5 Å². The molecule has 17 heteroatoms. The molecule has 2 saturated heterocycles. The van der Waals surface area contributed by atoms with Crippen molar-refractivity contribution in [2.45, 2.75) is 94.6 Å². The van der Waals surface area contributed by atoms with E-state index in [4.69, 9.17) is 21.1 Å². The molecule has 292 valence electrons. The van der Waals surface area contributed by atoms with Gasteiger partial charge < -0.3 is 24.2 Å². The number of benzene rings is 1. The highest BCUT2D eigenvalue weighted by Crippen LogP contribution is 2.44. The van der Waals surface area contributed by atoms with E-state index in [9.17, 15) is 35.9 Å². The minimum Gasteiger partial charge on any atom is -0.474 e. The SMILES string of the molecule is CCC[C@H]1N(C(=O)c2ncccc2C(F)(F)F)CCC[C@]1(Oc1csc(C(F)(F)F)c1)C(=O)N1Cc2ccc(Cl)cc2C[C@@H]1C(=O)N1CCC(OC)CC1. The molecule has 54 heavy (non-hydrogen) atoms. The van der Waals surface area contributed by atoms with Crippen LogP contribution in [0.4, 0.5) is 26.3 Å². The summed E-state index contributed by atoms with van der Waals surface area (Å²) in [5.74, 6) is -2.51. The number of aromatic nitrogens is 1. The number of halogens is 7. The van der Waals surface area contributed by atoms with Crippen LogP contribution in [-0.2, 0) is 39.6 Å². The second kappa shape index (κ2) is 15.7. The van der Waals surface area contributed by atoms with Crippen molar-refractivity contribution in [1.82, 2.24) is 19.7 Å². The highest BCUT2D eigenvalue weighted by Gasteiger charge is 2.58. The predicted octanol–water partition coefficient (Wildman–Crippen LogP) is 7.65. The first kappa shape index (κ1) is 39.8. The lowest BCUT2D eigenvalue weighted by Gasteiger charge is -2.51. The first-order valence-electron chi connectivity index (χ1n) is 17.6. The lowest BCUT2D eigenvalue weighted by atomic mass is 9.78. The van der Waals surface area contributed by atoms with Crippen LogP contribution in [0.15, 0.2) is 48.0 Å². The number of alkyl halides is 6. The van der Waals surface area contributed by atoms with Crippen molar-refractivity contribution in [3.8, 4) is 5.75 Å². The van der Waals surface area contributed by atoms with E-state index in [0.29, 0.717) is 54.3 Å². The van der Waals surface area contributed by atoms with Crippen LogP contribution >= 0.6 is 22.9 Å². The summed E-state index contributed by atoms with van der Waals surface area (Å²) in [7, 11) is 1.59. The van der Waals surface area contributed by atoms with Crippen molar-refractivity contribution in [2.75, 3.05) is 26.7 Å². The minimum absolute atomic E-state index is 0.0328. The molecule has 3 aromatic rings. The van der Waals surface area contributed by atoms with Crippen LogP contribution in [-0.4, -0.2) is 87.9 Å². The fourth-order valence-corrected chi connectivity index (χ4v) is 8.70. The average Bonchev–Trinajstić information content (AvgIpc) is 3.63. The van der Waals surface area contributed by atoms with Gasteiger partial charge in [-0.3, -0.25) is 19.4 Å². The molecule has 1 aromatic carbocycles. The summed E-state index contributed by atoms with van der Waals surface area (Å²) in [6.45, 7) is 2.30. The zero-order chi connectivity index (χ0) is 39.0. The topological polar surface area (TPSA) is 92.3 Å². The normalized spacial score (nSPS) is 22.6. The van der Waals surface area contributed by atoms with Crippen LogP contribution in [0.25, 0.3) is 0 Å². The minimum atomic E-state index is -4.93. The number of fused-ring (bicyclic) bond motifs is 1. The highest BCUT2D eigenvalue weighted by molar-refractivity contribution is 7.10. The smallest absolute Gasteiger partial charge is 0.425 e. The highest BCUT2D eigenvalue weighted by atomic mass is 35.5. The molecule has 2 aromatic heterocycles. The van der Waals surface area contributed by atoms with Gasteiger partial charge >= 0.3 is 12.4 Å². The molecular formula is C37H39ClF6N4O5S. The number of carbonyl (C=O) groups excluding carboxylic acids is 3. The molecule has 9 nitrogen and oxygen atoms in total. The van der Waals surface area contributed by atoms with Crippen molar-refractivity contribution >= 4 is 40.7 Å². The Balaban J connectivity index is 1.47. The summed E-state index contributed by atoms with van der Waals surface area (Å²) >= 11 is 6.70. The van der Waals surface area contributed by atoms with Gasteiger partial charge in [-0.1, -0.05) is 31.0 Å². The molecule has 3 aliphatic rings. The number of thiophene rings is 1. The maximum atomic E-state index is 15.5. The van der Waals surface area contributed by atoms with E-state index in [0.717, 1.165) is 40.2 Å². The Morgan fingerprint density at radius 1 is 1.00 bits per heavy atom. The fourth-order valence-electron chi connectivity index (χ4n) is 7.83. The molecule has 0 spiro atoms. The third kappa shape index (κ3) is 7.92.